The molecule has 9 heteroatoms. The Labute approximate surface area is 178 Å². The number of sulfonamides is 1. The van der Waals surface area contributed by atoms with Gasteiger partial charge in [0.15, 0.2) is 0 Å². The minimum atomic E-state index is -3.72. The van der Waals surface area contributed by atoms with Gasteiger partial charge >= 0.3 is 0 Å². The number of thiophene rings is 1. The van der Waals surface area contributed by atoms with Gasteiger partial charge in [0.1, 0.15) is 4.83 Å². The van der Waals surface area contributed by atoms with Crippen LogP contribution in [0.2, 0.25) is 0 Å². The van der Waals surface area contributed by atoms with Gasteiger partial charge in [-0.15, -0.1) is 11.3 Å². The van der Waals surface area contributed by atoms with Crippen molar-refractivity contribution >= 4 is 48.9 Å². The highest BCUT2D eigenvalue weighted by atomic mass is 32.2. The molecule has 0 aliphatic carbocycles. The van der Waals surface area contributed by atoms with Crippen molar-refractivity contribution in [1.82, 2.24) is 9.78 Å². The highest BCUT2D eigenvalue weighted by molar-refractivity contribution is 7.92. The Morgan fingerprint density at radius 2 is 1.80 bits per heavy atom. The molecule has 2 N–H and O–H groups in total. The van der Waals surface area contributed by atoms with E-state index in [0.717, 1.165) is 21.5 Å². The molecular weight excluding hydrogens is 420 g/mol. The first-order valence-corrected chi connectivity index (χ1v) is 11.5. The van der Waals surface area contributed by atoms with Crippen molar-refractivity contribution in [3.8, 4) is 0 Å². The summed E-state index contributed by atoms with van der Waals surface area (Å²) in [5.41, 5.74) is 2.53. The number of anilines is 2. The molecule has 1 amide bonds. The quantitative estimate of drug-likeness (QED) is 0.484. The Hall–Kier alpha value is -3.17. The predicted octanol–water partition coefficient (Wildman–Crippen LogP) is 4.30. The van der Waals surface area contributed by atoms with Crippen molar-refractivity contribution in [3.05, 3.63) is 70.7 Å². The lowest BCUT2D eigenvalue weighted by Crippen LogP contribution is -2.15. The first kappa shape index (κ1) is 20.1. The third kappa shape index (κ3) is 3.81. The van der Waals surface area contributed by atoms with Crippen LogP contribution in [-0.2, 0) is 17.1 Å². The summed E-state index contributed by atoms with van der Waals surface area (Å²) in [6.45, 7) is 3.71. The Morgan fingerprint density at radius 1 is 1.07 bits per heavy atom. The van der Waals surface area contributed by atoms with Gasteiger partial charge in [0.05, 0.1) is 21.2 Å². The maximum absolute atomic E-state index is 12.7. The van der Waals surface area contributed by atoms with Gasteiger partial charge in [-0.2, -0.15) is 5.10 Å². The number of rotatable bonds is 5. The van der Waals surface area contributed by atoms with E-state index in [1.807, 2.05) is 20.0 Å². The number of aromatic nitrogens is 2. The fourth-order valence-corrected chi connectivity index (χ4v) is 5.28. The van der Waals surface area contributed by atoms with Gasteiger partial charge in [0, 0.05) is 18.1 Å². The van der Waals surface area contributed by atoms with Crippen molar-refractivity contribution in [3.63, 3.8) is 0 Å². The van der Waals surface area contributed by atoms with E-state index in [9.17, 15) is 13.2 Å². The second-order valence-corrected chi connectivity index (χ2v) is 9.65. The first-order chi connectivity index (χ1) is 14.2. The SMILES string of the molecule is Cc1ccc(NC(=O)c2cc3c(C)nn(C)c3s2)cc1NS(=O)(=O)c1ccccc1. The molecule has 4 aromatic rings. The zero-order valence-corrected chi connectivity index (χ0v) is 18.3. The number of carbonyl (C=O) groups is 1. The largest absolute Gasteiger partial charge is 0.321 e. The topological polar surface area (TPSA) is 93.1 Å². The van der Waals surface area contributed by atoms with Gasteiger partial charge in [-0.1, -0.05) is 24.3 Å². The maximum Gasteiger partial charge on any atom is 0.265 e. The Kier molecular flexibility index (Phi) is 5.08. The molecule has 30 heavy (non-hydrogen) atoms. The lowest BCUT2D eigenvalue weighted by molar-refractivity contribution is 0.103. The van der Waals surface area contributed by atoms with Gasteiger partial charge < -0.3 is 5.32 Å². The zero-order valence-electron chi connectivity index (χ0n) is 16.6. The van der Waals surface area contributed by atoms with E-state index in [2.05, 4.69) is 15.1 Å². The fraction of sp³-hybridized carbons (Fsp3) is 0.143. The number of nitrogens with one attached hydrogen (secondary N) is 2. The van der Waals surface area contributed by atoms with E-state index < -0.39 is 10.0 Å². The van der Waals surface area contributed by atoms with Gasteiger partial charge in [0.25, 0.3) is 15.9 Å². The average Bonchev–Trinajstić information content (AvgIpc) is 3.27. The van der Waals surface area contributed by atoms with Crippen LogP contribution >= 0.6 is 11.3 Å². The molecule has 0 saturated heterocycles. The minimum absolute atomic E-state index is 0.174. The summed E-state index contributed by atoms with van der Waals surface area (Å²) in [4.78, 5) is 14.4. The van der Waals surface area contributed by atoms with E-state index in [0.29, 0.717) is 16.3 Å². The van der Waals surface area contributed by atoms with Gasteiger partial charge in [-0.25, -0.2) is 8.42 Å². The molecule has 0 atom stereocenters. The van der Waals surface area contributed by atoms with Gasteiger partial charge in [-0.3, -0.25) is 14.2 Å². The summed E-state index contributed by atoms with van der Waals surface area (Å²) in [7, 11) is -1.88. The number of benzene rings is 2. The number of hydrogen-bond acceptors (Lipinski definition) is 5. The molecular formula is C21H20N4O3S2. The fourth-order valence-electron chi connectivity index (χ4n) is 3.12. The van der Waals surface area contributed by atoms with Crippen molar-refractivity contribution < 1.29 is 13.2 Å². The van der Waals surface area contributed by atoms with E-state index in [1.54, 1.807) is 48.0 Å². The van der Waals surface area contributed by atoms with Crippen LogP contribution in [0.25, 0.3) is 10.2 Å². The van der Waals surface area contributed by atoms with Crippen molar-refractivity contribution in [2.45, 2.75) is 18.7 Å². The molecule has 0 aliphatic heterocycles. The molecule has 0 radical (unpaired) electrons. The highest BCUT2D eigenvalue weighted by Crippen LogP contribution is 2.29. The molecule has 154 valence electrons. The number of amides is 1. The smallest absolute Gasteiger partial charge is 0.265 e. The van der Waals surface area contributed by atoms with Crippen molar-refractivity contribution in [2.75, 3.05) is 10.0 Å². The van der Waals surface area contributed by atoms with Crippen LogP contribution in [0.3, 0.4) is 0 Å². The van der Waals surface area contributed by atoms with Crippen molar-refractivity contribution in [2.24, 2.45) is 7.05 Å². The Morgan fingerprint density at radius 3 is 2.50 bits per heavy atom. The van der Waals surface area contributed by atoms with Crippen LogP contribution in [0.4, 0.5) is 11.4 Å². The summed E-state index contributed by atoms with van der Waals surface area (Å²) in [5, 5.41) is 8.14. The van der Waals surface area contributed by atoms with E-state index in [4.69, 9.17) is 0 Å². The molecule has 7 nitrogen and oxygen atoms in total. The summed E-state index contributed by atoms with van der Waals surface area (Å²) >= 11 is 1.36. The van der Waals surface area contributed by atoms with Crippen LogP contribution in [0.1, 0.15) is 20.9 Å². The Balaban J connectivity index is 1.58. The molecule has 0 saturated carbocycles. The molecule has 2 heterocycles. The molecule has 0 fully saturated rings. The third-order valence-electron chi connectivity index (χ3n) is 4.71. The summed E-state index contributed by atoms with van der Waals surface area (Å²) in [6, 6.07) is 15.1. The van der Waals surface area contributed by atoms with E-state index in [1.165, 1.54) is 23.5 Å². The molecule has 0 spiro atoms. The van der Waals surface area contributed by atoms with Crippen LogP contribution in [0.15, 0.2) is 59.5 Å². The summed E-state index contributed by atoms with van der Waals surface area (Å²) < 4.78 is 29.6. The Bertz CT molecular complexity index is 1320. The van der Waals surface area contributed by atoms with E-state index in [-0.39, 0.29) is 10.8 Å². The highest BCUT2D eigenvalue weighted by Gasteiger charge is 2.17. The molecule has 4 rings (SSSR count). The first-order valence-electron chi connectivity index (χ1n) is 9.17. The lowest BCUT2D eigenvalue weighted by Gasteiger charge is -2.13. The second-order valence-electron chi connectivity index (χ2n) is 6.94. The maximum atomic E-state index is 12.7. The summed E-state index contributed by atoms with van der Waals surface area (Å²) in [5.74, 6) is -0.253. The predicted molar refractivity (Wildman–Crippen MR) is 120 cm³/mol. The molecule has 0 bridgehead atoms. The van der Waals surface area contributed by atoms with Crippen LogP contribution < -0.4 is 10.0 Å². The number of carbonyl (C=O) groups excluding carboxylic acids is 1. The van der Waals surface area contributed by atoms with Crippen LogP contribution in [0.5, 0.6) is 0 Å². The lowest BCUT2D eigenvalue weighted by atomic mass is 10.2. The molecule has 0 unspecified atom stereocenters. The van der Waals surface area contributed by atoms with Gasteiger partial charge in [-0.05, 0) is 49.7 Å². The average molecular weight is 441 g/mol. The number of aryl methyl sites for hydroxylation is 3. The number of hydrogen-bond donors (Lipinski definition) is 2. The normalized spacial score (nSPS) is 11.6. The van der Waals surface area contributed by atoms with Crippen LogP contribution in [-0.4, -0.2) is 24.1 Å². The molecule has 2 aromatic carbocycles. The number of nitrogens with zero attached hydrogens (tertiary/aromatic N) is 2. The van der Waals surface area contributed by atoms with Gasteiger partial charge in [0.2, 0.25) is 0 Å². The van der Waals surface area contributed by atoms with Crippen LogP contribution in [0, 0.1) is 13.8 Å². The standard InChI is InChI=1S/C21H20N4O3S2/c1-13-9-10-15(11-18(13)24-30(27,28)16-7-5-4-6-8-16)22-20(26)19-12-17-14(2)23-25(3)21(17)29-19/h4-12,24H,1-3H3,(H,22,26). The second kappa shape index (κ2) is 7.58. The van der Waals surface area contributed by atoms with Crippen molar-refractivity contribution in [1.29, 1.82) is 0 Å². The minimum Gasteiger partial charge on any atom is -0.321 e. The monoisotopic (exact) mass is 440 g/mol. The molecule has 0 aliphatic rings. The number of fused-ring (bicyclic) bond motifs is 1. The zero-order chi connectivity index (χ0) is 21.5. The van der Waals surface area contributed by atoms with E-state index >= 15 is 0 Å². The third-order valence-corrected chi connectivity index (χ3v) is 7.30. The molecule has 2 aromatic heterocycles. The summed E-state index contributed by atoms with van der Waals surface area (Å²) in [6.07, 6.45) is 0.